The molecule has 1 fully saturated rings. The Kier molecular flexibility index (Phi) is 2.20. The van der Waals surface area contributed by atoms with Gasteiger partial charge in [0.2, 0.25) is 0 Å². The Labute approximate surface area is 101 Å². The monoisotopic (exact) mass is 246 g/mol. The van der Waals surface area contributed by atoms with Gasteiger partial charge in [-0.15, -0.1) is 0 Å². The maximum absolute atomic E-state index is 13.6. The van der Waals surface area contributed by atoms with Crippen molar-refractivity contribution < 1.29 is 8.78 Å². The summed E-state index contributed by atoms with van der Waals surface area (Å²) >= 11 is 0. The van der Waals surface area contributed by atoms with Gasteiger partial charge in [0.1, 0.15) is 11.6 Å². The minimum absolute atomic E-state index is 0.0554. The smallest absolute Gasteiger partial charge is 0.189 e. The molecule has 3 nitrogen and oxygen atoms in total. The third-order valence-electron chi connectivity index (χ3n) is 3.15. The molecule has 0 bridgehead atoms. The predicted octanol–water partition coefficient (Wildman–Crippen LogP) is 2.49. The molecular weight excluding hydrogens is 238 g/mol. The van der Waals surface area contributed by atoms with E-state index in [0.29, 0.717) is 0 Å². The average molecular weight is 246 g/mol. The van der Waals surface area contributed by atoms with Crippen molar-refractivity contribution in [3.8, 4) is 6.07 Å². The predicted molar refractivity (Wildman–Crippen MR) is 61.1 cm³/mol. The summed E-state index contributed by atoms with van der Waals surface area (Å²) in [4.78, 5) is 11.7. The normalized spacial score (nSPS) is 14.7. The highest BCUT2D eigenvalue weighted by atomic mass is 19.2. The molecule has 0 aliphatic heterocycles. The molecular formula is C13H8F2N2O. The zero-order valence-corrected chi connectivity index (χ0v) is 9.28. The Hall–Kier alpha value is -2.22. The second-order valence-corrected chi connectivity index (χ2v) is 4.37. The lowest BCUT2D eigenvalue weighted by atomic mass is 10.1. The van der Waals surface area contributed by atoms with E-state index in [-0.39, 0.29) is 16.9 Å². The number of hydrogen-bond donors (Lipinski definition) is 0. The van der Waals surface area contributed by atoms with Crippen molar-refractivity contribution in [2.45, 2.75) is 18.9 Å². The lowest BCUT2D eigenvalue weighted by molar-refractivity contribution is 0.507. The minimum atomic E-state index is -1.19. The zero-order chi connectivity index (χ0) is 12.9. The van der Waals surface area contributed by atoms with E-state index in [1.807, 2.05) is 0 Å². The lowest BCUT2D eigenvalue weighted by Crippen LogP contribution is -2.10. The first-order valence-electron chi connectivity index (χ1n) is 5.56. The molecule has 1 aromatic carbocycles. The minimum Gasteiger partial charge on any atom is -0.343 e. The highest BCUT2D eigenvalue weighted by Crippen LogP contribution is 2.37. The fourth-order valence-electron chi connectivity index (χ4n) is 2.14. The summed E-state index contributed by atoms with van der Waals surface area (Å²) in [6.07, 6.45) is 3.38. The van der Waals surface area contributed by atoms with Crippen LogP contribution < -0.4 is 5.43 Å². The summed E-state index contributed by atoms with van der Waals surface area (Å²) in [6, 6.07) is 4.01. The number of pyridine rings is 1. The molecule has 0 unspecified atom stereocenters. The number of fused-ring (bicyclic) bond motifs is 1. The van der Waals surface area contributed by atoms with Gasteiger partial charge in [0.15, 0.2) is 17.1 Å². The molecule has 1 heterocycles. The fourth-order valence-corrected chi connectivity index (χ4v) is 2.14. The van der Waals surface area contributed by atoms with Gasteiger partial charge in [-0.3, -0.25) is 4.79 Å². The molecule has 0 saturated heterocycles. The van der Waals surface area contributed by atoms with E-state index in [1.54, 1.807) is 16.8 Å². The maximum Gasteiger partial charge on any atom is 0.189 e. The molecule has 3 rings (SSSR count). The van der Waals surface area contributed by atoms with Crippen molar-refractivity contribution in [3.05, 3.63) is 45.8 Å². The Morgan fingerprint density at radius 3 is 2.72 bits per heavy atom. The average Bonchev–Trinajstić information content (AvgIpc) is 3.17. The first-order chi connectivity index (χ1) is 8.63. The molecule has 5 heteroatoms. The quantitative estimate of drug-likeness (QED) is 0.776. The van der Waals surface area contributed by atoms with Gasteiger partial charge in [0, 0.05) is 18.3 Å². The van der Waals surface area contributed by atoms with Crippen LogP contribution in [-0.2, 0) is 0 Å². The third kappa shape index (κ3) is 1.42. The van der Waals surface area contributed by atoms with Crippen LogP contribution in [0.4, 0.5) is 8.78 Å². The largest absolute Gasteiger partial charge is 0.343 e. The molecule has 0 amide bonds. The van der Waals surface area contributed by atoms with Crippen molar-refractivity contribution in [2.75, 3.05) is 0 Å². The first kappa shape index (κ1) is 10.9. The number of nitriles is 1. The zero-order valence-electron chi connectivity index (χ0n) is 9.28. The first-order valence-corrected chi connectivity index (χ1v) is 5.56. The van der Waals surface area contributed by atoms with E-state index >= 15 is 0 Å². The summed E-state index contributed by atoms with van der Waals surface area (Å²) in [6.45, 7) is 0. The molecule has 2 aromatic rings. The van der Waals surface area contributed by atoms with Crippen molar-refractivity contribution in [2.24, 2.45) is 0 Å². The molecule has 1 aliphatic carbocycles. The second-order valence-electron chi connectivity index (χ2n) is 4.37. The number of rotatable bonds is 1. The van der Waals surface area contributed by atoms with Crippen LogP contribution in [0, 0.1) is 23.0 Å². The fraction of sp³-hybridized carbons (Fsp3) is 0.231. The highest BCUT2D eigenvalue weighted by molar-refractivity contribution is 5.85. The highest BCUT2D eigenvalue weighted by Gasteiger charge is 2.27. The van der Waals surface area contributed by atoms with Gasteiger partial charge in [-0.2, -0.15) is 5.26 Å². The summed E-state index contributed by atoms with van der Waals surface area (Å²) in [5, 5.41) is 9.04. The molecule has 18 heavy (non-hydrogen) atoms. The number of halogens is 2. The van der Waals surface area contributed by atoms with E-state index in [1.165, 1.54) is 6.07 Å². The van der Waals surface area contributed by atoms with Crippen LogP contribution in [0.15, 0.2) is 23.1 Å². The number of aromatic nitrogens is 1. The number of nitrogens with zero attached hydrogens (tertiary/aromatic N) is 2. The topological polar surface area (TPSA) is 45.8 Å². The van der Waals surface area contributed by atoms with Gasteiger partial charge in [-0.25, -0.2) is 8.78 Å². The number of hydrogen-bond acceptors (Lipinski definition) is 2. The van der Waals surface area contributed by atoms with Gasteiger partial charge in [0.25, 0.3) is 0 Å². The second kappa shape index (κ2) is 3.64. The molecule has 1 saturated carbocycles. The van der Waals surface area contributed by atoms with Crippen molar-refractivity contribution in [1.29, 1.82) is 5.26 Å². The maximum atomic E-state index is 13.6. The summed E-state index contributed by atoms with van der Waals surface area (Å²) in [7, 11) is 0. The van der Waals surface area contributed by atoms with Gasteiger partial charge < -0.3 is 4.57 Å². The van der Waals surface area contributed by atoms with Crippen molar-refractivity contribution in [1.82, 2.24) is 4.57 Å². The van der Waals surface area contributed by atoms with Gasteiger partial charge in [-0.05, 0) is 18.9 Å². The molecule has 0 N–H and O–H groups in total. The number of benzene rings is 1. The van der Waals surface area contributed by atoms with Gasteiger partial charge in [0.05, 0.1) is 10.9 Å². The standard InChI is InChI=1S/C13H8F2N2O/c14-10-5-8-11(18)3-4-17(7-1-2-7)13(8)9(6-16)12(10)15/h3-5,7H,1-2H2. The van der Waals surface area contributed by atoms with Crippen LogP contribution in [0.2, 0.25) is 0 Å². The van der Waals surface area contributed by atoms with E-state index in [2.05, 4.69) is 0 Å². The molecule has 1 aliphatic rings. The summed E-state index contributed by atoms with van der Waals surface area (Å²) < 4.78 is 28.7. The SMILES string of the molecule is N#Cc1c(F)c(F)cc2c(=O)ccn(C3CC3)c12. The Morgan fingerprint density at radius 2 is 2.11 bits per heavy atom. The van der Waals surface area contributed by atoms with Crippen LogP contribution >= 0.6 is 0 Å². The molecule has 0 atom stereocenters. The van der Waals surface area contributed by atoms with E-state index < -0.39 is 22.6 Å². The lowest BCUT2D eigenvalue weighted by Gasteiger charge is -2.11. The van der Waals surface area contributed by atoms with E-state index in [4.69, 9.17) is 5.26 Å². The van der Waals surface area contributed by atoms with Crippen LogP contribution in [0.5, 0.6) is 0 Å². The molecule has 0 spiro atoms. The molecule has 0 radical (unpaired) electrons. The Balaban J connectivity index is 2.54. The van der Waals surface area contributed by atoms with Crippen LogP contribution in [-0.4, -0.2) is 4.57 Å². The van der Waals surface area contributed by atoms with E-state index in [0.717, 1.165) is 18.9 Å². The van der Waals surface area contributed by atoms with Crippen molar-refractivity contribution in [3.63, 3.8) is 0 Å². The Morgan fingerprint density at radius 1 is 1.39 bits per heavy atom. The third-order valence-corrected chi connectivity index (χ3v) is 3.15. The molecule has 1 aromatic heterocycles. The van der Waals surface area contributed by atoms with Crippen LogP contribution in [0.1, 0.15) is 24.4 Å². The van der Waals surface area contributed by atoms with E-state index in [9.17, 15) is 13.6 Å². The van der Waals surface area contributed by atoms with Crippen LogP contribution in [0.25, 0.3) is 10.9 Å². The Bertz CT molecular complexity index is 754. The summed E-state index contributed by atoms with van der Waals surface area (Å²) in [5.41, 5.74) is -0.599. The van der Waals surface area contributed by atoms with Gasteiger partial charge >= 0.3 is 0 Å². The summed E-state index contributed by atoms with van der Waals surface area (Å²) in [5.74, 6) is -2.35. The van der Waals surface area contributed by atoms with Crippen molar-refractivity contribution >= 4 is 10.9 Å². The molecule has 90 valence electrons. The van der Waals surface area contributed by atoms with Crippen LogP contribution in [0.3, 0.4) is 0 Å². The van der Waals surface area contributed by atoms with Gasteiger partial charge in [-0.1, -0.05) is 0 Å².